The summed E-state index contributed by atoms with van der Waals surface area (Å²) in [7, 11) is 3.90. The maximum absolute atomic E-state index is 12.2. The highest BCUT2D eigenvalue weighted by atomic mass is 35.5. The second-order valence-electron chi connectivity index (χ2n) is 6.28. The maximum Gasteiger partial charge on any atom is 0.438 e. The second kappa shape index (κ2) is 8.98. The van der Waals surface area contributed by atoms with Crippen molar-refractivity contribution in [3.8, 4) is 11.3 Å². The van der Waals surface area contributed by atoms with Gasteiger partial charge in [-0.3, -0.25) is 10.2 Å². The van der Waals surface area contributed by atoms with Crippen molar-refractivity contribution in [1.29, 1.82) is 0 Å². The third-order valence-electron chi connectivity index (χ3n) is 4.04. The van der Waals surface area contributed by atoms with E-state index in [0.717, 1.165) is 11.3 Å². The molecule has 7 nitrogen and oxygen atoms in total. The van der Waals surface area contributed by atoms with E-state index in [1.54, 1.807) is 25.1 Å². The minimum Gasteiger partial charge on any atom is -0.378 e. The van der Waals surface area contributed by atoms with Crippen LogP contribution in [0, 0.1) is 6.92 Å². The van der Waals surface area contributed by atoms with Crippen LogP contribution in [0.1, 0.15) is 11.3 Å². The lowest BCUT2D eigenvalue weighted by Gasteiger charge is -2.11. The molecule has 150 valence electrons. The van der Waals surface area contributed by atoms with Gasteiger partial charge >= 0.3 is 6.09 Å². The summed E-state index contributed by atoms with van der Waals surface area (Å²) in [4.78, 5) is 19.0. The molecule has 0 aliphatic rings. The van der Waals surface area contributed by atoms with Crippen molar-refractivity contribution >= 4 is 46.9 Å². The fourth-order valence-electron chi connectivity index (χ4n) is 2.53. The number of carbonyl (C=O) groups excluding carboxylic acids is 1. The van der Waals surface area contributed by atoms with Gasteiger partial charge in [0.2, 0.25) is 0 Å². The topological polar surface area (TPSA) is 80.0 Å². The summed E-state index contributed by atoms with van der Waals surface area (Å²) < 4.78 is 5.19. The van der Waals surface area contributed by atoms with Crippen LogP contribution in [0.4, 0.5) is 16.2 Å². The van der Waals surface area contributed by atoms with Crippen molar-refractivity contribution in [1.82, 2.24) is 5.16 Å². The summed E-state index contributed by atoms with van der Waals surface area (Å²) in [5, 5.41) is 11.0. The summed E-state index contributed by atoms with van der Waals surface area (Å²) in [6.07, 6.45) is 0.632. The lowest BCUT2D eigenvalue weighted by Crippen LogP contribution is -2.12. The largest absolute Gasteiger partial charge is 0.438 e. The number of halogens is 2. The fraction of sp³-hybridized carbons (Fsp3) is 0.150. The number of benzene rings is 2. The van der Waals surface area contributed by atoms with E-state index in [2.05, 4.69) is 15.6 Å². The number of aromatic nitrogens is 1. The number of anilines is 2. The molecule has 3 aromatic rings. The number of hydrogen-bond acceptors (Lipinski definition) is 6. The molecule has 29 heavy (non-hydrogen) atoms. The summed E-state index contributed by atoms with van der Waals surface area (Å²) in [5.74, 6) is 0.371. The SMILES string of the molecule is Cc1onc(-c2c(Cl)cccc2Cl)c1NC(=O)O/N=C\c1ccc(N(C)C)cc1. The first-order valence-electron chi connectivity index (χ1n) is 8.56. The van der Waals surface area contributed by atoms with Gasteiger partial charge < -0.3 is 9.42 Å². The van der Waals surface area contributed by atoms with Gasteiger partial charge in [-0.1, -0.05) is 51.7 Å². The van der Waals surface area contributed by atoms with E-state index in [-0.39, 0.29) is 0 Å². The predicted octanol–water partition coefficient (Wildman–Crippen LogP) is 5.61. The molecule has 1 amide bonds. The normalized spacial score (nSPS) is 10.9. The monoisotopic (exact) mass is 432 g/mol. The molecule has 0 bridgehead atoms. The number of nitrogens with zero attached hydrogens (tertiary/aromatic N) is 3. The molecular formula is C20H18Cl2N4O3. The number of aryl methyl sites for hydroxylation is 1. The van der Waals surface area contributed by atoms with Crippen LogP contribution in [0.3, 0.4) is 0 Å². The minimum absolute atomic E-state index is 0.301. The van der Waals surface area contributed by atoms with Crippen molar-refractivity contribution in [3.63, 3.8) is 0 Å². The molecule has 1 aromatic heterocycles. The number of nitrogens with one attached hydrogen (secondary N) is 1. The van der Waals surface area contributed by atoms with Crippen LogP contribution in [-0.4, -0.2) is 31.6 Å². The maximum atomic E-state index is 12.2. The number of oxime groups is 1. The Balaban J connectivity index is 1.71. The second-order valence-corrected chi connectivity index (χ2v) is 7.10. The Labute approximate surface area is 177 Å². The summed E-state index contributed by atoms with van der Waals surface area (Å²) in [6, 6.07) is 12.6. The first-order valence-corrected chi connectivity index (χ1v) is 9.32. The zero-order valence-electron chi connectivity index (χ0n) is 15.9. The zero-order valence-corrected chi connectivity index (χ0v) is 17.5. The predicted molar refractivity (Wildman–Crippen MR) is 115 cm³/mol. The van der Waals surface area contributed by atoms with E-state index in [1.165, 1.54) is 6.21 Å². The van der Waals surface area contributed by atoms with Crippen LogP contribution < -0.4 is 10.2 Å². The zero-order chi connectivity index (χ0) is 21.0. The van der Waals surface area contributed by atoms with Crippen molar-refractivity contribution in [2.24, 2.45) is 5.16 Å². The average molecular weight is 433 g/mol. The molecule has 0 aliphatic carbocycles. The third kappa shape index (κ3) is 4.88. The summed E-state index contributed by atoms with van der Waals surface area (Å²) >= 11 is 12.5. The fourth-order valence-corrected chi connectivity index (χ4v) is 3.11. The van der Waals surface area contributed by atoms with Gasteiger partial charge in [0.25, 0.3) is 0 Å². The van der Waals surface area contributed by atoms with Crippen molar-refractivity contribution in [2.45, 2.75) is 6.92 Å². The van der Waals surface area contributed by atoms with Gasteiger partial charge in [0.1, 0.15) is 11.4 Å². The molecule has 1 heterocycles. The lowest BCUT2D eigenvalue weighted by atomic mass is 10.1. The molecule has 0 aliphatic heterocycles. The Kier molecular flexibility index (Phi) is 6.41. The summed E-state index contributed by atoms with van der Waals surface area (Å²) in [6.45, 7) is 1.65. The highest BCUT2D eigenvalue weighted by molar-refractivity contribution is 6.39. The van der Waals surface area contributed by atoms with E-state index in [0.29, 0.717) is 32.8 Å². The minimum atomic E-state index is -0.804. The number of rotatable bonds is 5. The van der Waals surface area contributed by atoms with Crippen LogP contribution in [-0.2, 0) is 4.84 Å². The van der Waals surface area contributed by atoms with E-state index in [4.69, 9.17) is 32.6 Å². The quantitative estimate of drug-likeness (QED) is 0.322. The number of amides is 1. The smallest absolute Gasteiger partial charge is 0.378 e. The van der Waals surface area contributed by atoms with Crippen molar-refractivity contribution in [2.75, 3.05) is 24.3 Å². The van der Waals surface area contributed by atoms with Crippen LogP contribution in [0.5, 0.6) is 0 Å². The molecule has 2 aromatic carbocycles. The van der Waals surface area contributed by atoms with Crippen LogP contribution in [0.2, 0.25) is 10.0 Å². The average Bonchev–Trinajstić information content (AvgIpc) is 3.02. The van der Waals surface area contributed by atoms with E-state index < -0.39 is 6.09 Å². The molecular weight excluding hydrogens is 415 g/mol. The standard InChI is InChI=1S/C20H18Cl2N4O3/c1-12-18(19(25-28-12)17-15(21)5-4-6-16(17)22)24-20(27)29-23-11-13-7-9-14(10-8-13)26(2)3/h4-11H,1-3H3,(H,24,27)/b23-11-. The lowest BCUT2D eigenvalue weighted by molar-refractivity contribution is 0.167. The van der Waals surface area contributed by atoms with E-state index >= 15 is 0 Å². The summed E-state index contributed by atoms with van der Waals surface area (Å²) in [5.41, 5.74) is 2.89. The molecule has 1 N–H and O–H groups in total. The Morgan fingerprint density at radius 1 is 1.17 bits per heavy atom. The Morgan fingerprint density at radius 3 is 2.45 bits per heavy atom. The van der Waals surface area contributed by atoms with Crippen LogP contribution in [0.25, 0.3) is 11.3 Å². The van der Waals surface area contributed by atoms with Gasteiger partial charge in [0.05, 0.1) is 16.3 Å². The van der Waals surface area contributed by atoms with Gasteiger partial charge in [0.15, 0.2) is 5.76 Å². The molecule has 3 rings (SSSR count). The van der Waals surface area contributed by atoms with Gasteiger partial charge in [-0.15, -0.1) is 0 Å². The Bertz CT molecular complexity index is 1030. The highest BCUT2D eigenvalue weighted by Crippen LogP contribution is 2.39. The molecule has 0 spiro atoms. The molecule has 0 saturated heterocycles. The molecule has 0 unspecified atom stereocenters. The van der Waals surface area contributed by atoms with Gasteiger partial charge in [-0.25, -0.2) is 4.79 Å². The van der Waals surface area contributed by atoms with E-state index in [1.807, 2.05) is 43.3 Å². The number of hydrogen-bond donors (Lipinski definition) is 1. The Morgan fingerprint density at radius 2 is 1.83 bits per heavy atom. The van der Waals surface area contributed by atoms with Crippen LogP contribution in [0.15, 0.2) is 52.1 Å². The Hall–Kier alpha value is -3.03. The number of carbonyl (C=O) groups is 1. The van der Waals surface area contributed by atoms with Gasteiger partial charge in [-0.2, -0.15) is 0 Å². The van der Waals surface area contributed by atoms with Crippen LogP contribution >= 0.6 is 23.2 Å². The van der Waals surface area contributed by atoms with Crippen molar-refractivity contribution < 1.29 is 14.2 Å². The third-order valence-corrected chi connectivity index (χ3v) is 4.67. The van der Waals surface area contributed by atoms with Gasteiger partial charge in [-0.05, 0) is 36.8 Å². The molecule has 0 saturated carbocycles. The first-order chi connectivity index (χ1) is 13.9. The molecule has 0 fully saturated rings. The first kappa shape index (κ1) is 20.7. The van der Waals surface area contributed by atoms with E-state index in [9.17, 15) is 4.79 Å². The molecule has 0 radical (unpaired) electrons. The molecule has 9 heteroatoms. The molecule has 0 atom stereocenters. The van der Waals surface area contributed by atoms with Crippen molar-refractivity contribution in [3.05, 3.63) is 63.8 Å². The highest BCUT2D eigenvalue weighted by Gasteiger charge is 2.21. The van der Waals surface area contributed by atoms with Gasteiger partial charge in [0, 0.05) is 25.3 Å².